The smallest absolute Gasteiger partial charge is 0.282 e. The second-order valence-electron chi connectivity index (χ2n) is 5.55. The van der Waals surface area contributed by atoms with Gasteiger partial charge in [-0.1, -0.05) is 42.0 Å². The first-order valence-electron chi connectivity index (χ1n) is 7.27. The van der Waals surface area contributed by atoms with Crippen LogP contribution in [0, 0.1) is 6.92 Å². The third kappa shape index (κ3) is 3.51. The molecular weight excluding hydrogens is 362 g/mol. The number of fused-ring (bicyclic) bond motifs is 1. The van der Waals surface area contributed by atoms with Gasteiger partial charge in [0.1, 0.15) is 4.90 Å². The van der Waals surface area contributed by atoms with Crippen molar-refractivity contribution in [3.8, 4) is 0 Å². The highest BCUT2D eigenvalue weighted by Crippen LogP contribution is 2.31. The first-order valence-corrected chi connectivity index (χ1v) is 10.2. The van der Waals surface area contributed by atoms with Crippen molar-refractivity contribution < 1.29 is 21.4 Å². The Bertz CT molecular complexity index is 1150. The van der Waals surface area contributed by atoms with E-state index in [0.29, 0.717) is 5.39 Å². The summed E-state index contributed by atoms with van der Waals surface area (Å²) in [5, 5.41) is 0.599. The molecular formula is C17H15NO5S2. The van der Waals surface area contributed by atoms with Crippen molar-refractivity contribution in [1.82, 2.24) is 0 Å². The predicted molar refractivity (Wildman–Crippen MR) is 95.8 cm³/mol. The van der Waals surface area contributed by atoms with Crippen molar-refractivity contribution in [3.63, 3.8) is 0 Å². The lowest BCUT2D eigenvalue weighted by molar-refractivity contribution is 0.484. The molecule has 0 saturated heterocycles. The van der Waals surface area contributed by atoms with Gasteiger partial charge in [0, 0.05) is 5.39 Å². The van der Waals surface area contributed by atoms with Gasteiger partial charge in [0.05, 0.1) is 10.6 Å². The fraction of sp³-hybridized carbons (Fsp3) is 0.0588. The van der Waals surface area contributed by atoms with Crippen LogP contribution in [0.15, 0.2) is 70.5 Å². The maximum absolute atomic E-state index is 12.6. The Balaban J connectivity index is 2.18. The third-order valence-corrected chi connectivity index (χ3v) is 6.00. The summed E-state index contributed by atoms with van der Waals surface area (Å²) in [6.45, 7) is 1.84. The monoisotopic (exact) mass is 377 g/mol. The Morgan fingerprint density at radius 2 is 1.44 bits per heavy atom. The fourth-order valence-electron chi connectivity index (χ4n) is 2.53. The first-order chi connectivity index (χ1) is 11.7. The zero-order valence-corrected chi connectivity index (χ0v) is 14.8. The van der Waals surface area contributed by atoms with E-state index in [0.717, 1.165) is 5.56 Å². The van der Waals surface area contributed by atoms with E-state index in [1.807, 2.05) is 6.92 Å². The van der Waals surface area contributed by atoms with Gasteiger partial charge < -0.3 is 0 Å². The maximum atomic E-state index is 12.6. The minimum Gasteiger partial charge on any atom is -0.282 e. The van der Waals surface area contributed by atoms with Crippen molar-refractivity contribution in [2.75, 3.05) is 4.72 Å². The number of nitrogens with one attached hydrogen (secondary N) is 1. The van der Waals surface area contributed by atoms with Gasteiger partial charge in [0.15, 0.2) is 0 Å². The fourth-order valence-corrected chi connectivity index (χ4v) is 4.34. The van der Waals surface area contributed by atoms with E-state index in [-0.39, 0.29) is 20.9 Å². The number of rotatable bonds is 4. The van der Waals surface area contributed by atoms with E-state index in [2.05, 4.69) is 4.72 Å². The van der Waals surface area contributed by atoms with Crippen LogP contribution in [0.3, 0.4) is 0 Å². The van der Waals surface area contributed by atoms with Crippen LogP contribution in [0.1, 0.15) is 5.56 Å². The lowest BCUT2D eigenvalue weighted by Gasteiger charge is -2.13. The number of anilines is 1. The SMILES string of the molecule is Cc1ccc(S(=O)(=O)Nc2cccc3cccc(S(=O)(=O)O)c23)cc1. The number of aryl methyl sites for hydroxylation is 1. The Hall–Kier alpha value is -2.42. The Kier molecular flexibility index (Phi) is 4.28. The number of hydrogen-bond donors (Lipinski definition) is 2. The molecule has 3 aromatic rings. The van der Waals surface area contributed by atoms with Crippen molar-refractivity contribution in [3.05, 3.63) is 66.2 Å². The van der Waals surface area contributed by atoms with Crippen molar-refractivity contribution >= 4 is 36.6 Å². The average molecular weight is 377 g/mol. The second kappa shape index (κ2) is 6.14. The molecule has 3 rings (SSSR count). The normalized spacial score (nSPS) is 12.2. The number of hydrogen-bond acceptors (Lipinski definition) is 4. The van der Waals surface area contributed by atoms with Crippen LogP contribution in [0.2, 0.25) is 0 Å². The molecule has 0 saturated carbocycles. The topological polar surface area (TPSA) is 101 Å². The van der Waals surface area contributed by atoms with Crippen LogP contribution in [0.25, 0.3) is 10.8 Å². The van der Waals surface area contributed by atoms with Crippen LogP contribution < -0.4 is 4.72 Å². The molecule has 0 unspecified atom stereocenters. The van der Waals surface area contributed by atoms with E-state index in [9.17, 15) is 21.4 Å². The molecule has 0 aliphatic heterocycles. The summed E-state index contributed by atoms with van der Waals surface area (Å²) >= 11 is 0. The first kappa shape index (κ1) is 17.4. The molecule has 0 heterocycles. The van der Waals surface area contributed by atoms with Crippen molar-refractivity contribution in [1.29, 1.82) is 0 Å². The predicted octanol–water partition coefficient (Wildman–Crippen LogP) is 3.20. The maximum Gasteiger partial charge on any atom is 0.295 e. The Morgan fingerprint density at radius 3 is 2.04 bits per heavy atom. The molecule has 0 aromatic heterocycles. The van der Waals surface area contributed by atoms with Gasteiger partial charge in [-0.05, 0) is 36.6 Å². The van der Waals surface area contributed by atoms with Crippen LogP contribution in [0.4, 0.5) is 5.69 Å². The molecule has 3 aromatic carbocycles. The molecule has 0 amide bonds. The molecule has 0 aliphatic carbocycles. The van der Waals surface area contributed by atoms with Gasteiger partial charge >= 0.3 is 0 Å². The van der Waals surface area contributed by atoms with E-state index in [1.54, 1.807) is 30.3 Å². The minimum absolute atomic E-state index is 0.0550. The summed E-state index contributed by atoms with van der Waals surface area (Å²) in [6, 6.07) is 15.3. The lowest BCUT2D eigenvalue weighted by atomic mass is 10.1. The summed E-state index contributed by atoms with van der Waals surface area (Å²) in [5.74, 6) is 0. The van der Waals surface area contributed by atoms with Gasteiger partial charge in [-0.3, -0.25) is 9.27 Å². The highest BCUT2D eigenvalue weighted by atomic mass is 32.2. The van der Waals surface area contributed by atoms with Gasteiger partial charge in [-0.25, -0.2) is 8.42 Å². The van der Waals surface area contributed by atoms with Crippen molar-refractivity contribution in [2.45, 2.75) is 16.7 Å². The molecule has 0 atom stereocenters. The highest BCUT2D eigenvalue weighted by Gasteiger charge is 2.20. The van der Waals surface area contributed by atoms with Crippen LogP contribution >= 0.6 is 0 Å². The molecule has 0 fully saturated rings. The highest BCUT2D eigenvalue weighted by molar-refractivity contribution is 7.92. The Labute approximate surface area is 145 Å². The summed E-state index contributed by atoms with van der Waals surface area (Å²) in [5.41, 5.74) is 0.990. The summed E-state index contributed by atoms with van der Waals surface area (Å²) in [7, 11) is -8.42. The van der Waals surface area contributed by atoms with Gasteiger partial charge in [0.25, 0.3) is 20.1 Å². The molecule has 0 bridgehead atoms. The van der Waals surface area contributed by atoms with Gasteiger partial charge in [-0.2, -0.15) is 8.42 Å². The molecule has 6 nitrogen and oxygen atoms in total. The summed E-state index contributed by atoms with van der Waals surface area (Å²) < 4.78 is 60.3. The summed E-state index contributed by atoms with van der Waals surface area (Å²) in [4.78, 5) is -0.299. The van der Waals surface area contributed by atoms with Gasteiger partial charge in [-0.15, -0.1) is 0 Å². The van der Waals surface area contributed by atoms with E-state index < -0.39 is 20.1 Å². The van der Waals surface area contributed by atoms with Gasteiger partial charge in [0.2, 0.25) is 0 Å². The van der Waals surface area contributed by atoms with Crippen LogP contribution in [0.5, 0.6) is 0 Å². The standard InChI is InChI=1S/C17H15NO5S2/c1-12-8-10-14(11-9-12)24(19,20)18-15-6-2-4-13-5-3-7-16(17(13)15)25(21,22)23/h2-11,18H,1H3,(H,21,22,23). The molecule has 8 heteroatoms. The molecule has 0 aliphatic rings. The minimum atomic E-state index is -4.51. The second-order valence-corrected chi connectivity index (χ2v) is 8.63. The largest absolute Gasteiger partial charge is 0.295 e. The number of sulfonamides is 1. The zero-order valence-electron chi connectivity index (χ0n) is 13.2. The molecule has 0 spiro atoms. The quantitative estimate of drug-likeness (QED) is 0.680. The van der Waals surface area contributed by atoms with Crippen LogP contribution in [-0.2, 0) is 20.1 Å². The van der Waals surface area contributed by atoms with Crippen molar-refractivity contribution in [2.24, 2.45) is 0 Å². The van der Waals surface area contributed by atoms with E-state index in [4.69, 9.17) is 0 Å². The average Bonchev–Trinajstić information content (AvgIpc) is 2.54. The molecule has 2 N–H and O–H groups in total. The number of benzene rings is 3. The van der Waals surface area contributed by atoms with Crippen LogP contribution in [-0.4, -0.2) is 21.4 Å². The molecule has 25 heavy (non-hydrogen) atoms. The third-order valence-electron chi connectivity index (χ3n) is 3.72. The zero-order chi connectivity index (χ0) is 18.2. The Morgan fingerprint density at radius 1 is 0.840 bits per heavy atom. The molecule has 130 valence electrons. The lowest BCUT2D eigenvalue weighted by Crippen LogP contribution is -2.14. The van der Waals surface area contributed by atoms with E-state index in [1.165, 1.54) is 30.3 Å². The summed E-state index contributed by atoms with van der Waals surface area (Å²) in [6.07, 6.45) is 0. The van der Waals surface area contributed by atoms with E-state index >= 15 is 0 Å². The molecule has 0 radical (unpaired) electrons.